The van der Waals surface area contributed by atoms with Crippen molar-refractivity contribution in [1.82, 2.24) is 34.2 Å². The molecule has 6 rings (SSSR count). The van der Waals surface area contributed by atoms with E-state index in [0.717, 1.165) is 68.7 Å². The smallest absolute Gasteiger partial charge is 0.316 e. The molecule has 0 unspecified atom stereocenters. The number of esters is 1. The first-order chi connectivity index (χ1) is 22.5. The second-order valence-electron chi connectivity index (χ2n) is 14.1. The molecule has 0 bridgehead atoms. The number of benzene rings is 1. The molecule has 2 aromatic heterocycles. The minimum Gasteiger partial charge on any atom is -0.465 e. The van der Waals surface area contributed by atoms with E-state index in [1.807, 2.05) is 25.5 Å². The number of aromatic nitrogens is 4. The third-order valence-electron chi connectivity index (χ3n) is 11.1. The van der Waals surface area contributed by atoms with E-state index in [2.05, 4.69) is 73.5 Å². The van der Waals surface area contributed by atoms with Crippen molar-refractivity contribution < 1.29 is 9.53 Å². The zero-order valence-electron chi connectivity index (χ0n) is 28.4. The van der Waals surface area contributed by atoms with Crippen LogP contribution in [0, 0.1) is 5.41 Å². The average molecular weight is 630 g/mol. The summed E-state index contributed by atoms with van der Waals surface area (Å²) >= 11 is 0. The normalized spacial score (nSPS) is 19.4. The molecule has 3 fully saturated rings. The number of carbonyl (C=O) groups is 1. The number of hydrogen-bond donors (Lipinski definition) is 1. The monoisotopic (exact) mass is 629 g/mol. The summed E-state index contributed by atoms with van der Waals surface area (Å²) in [5, 5.41) is 0. The van der Waals surface area contributed by atoms with Gasteiger partial charge in [-0.25, -0.2) is 9.97 Å². The van der Waals surface area contributed by atoms with Crippen molar-refractivity contribution in [3.05, 3.63) is 71.8 Å². The van der Waals surface area contributed by atoms with Crippen molar-refractivity contribution in [2.75, 3.05) is 39.3 Å². The van der Waals surface area contributed by atoms with E-state index in [0.29, 0.717) is 18.6 Å². The predicted octanol–water partition coefficient (Wildman–Crippen LogP) is 5.77. The van der Waals surface area contributed by atoms with Crippen LogP contribution in [0.2, 0.25) is 0 Å². The number of nitrogens with one attached hydrogen (secondary N) is 1. The van der Waals surface area contributed by atoms with Crippen molar-refractivity contribution in [1.29, 1.82) is 0 Å². The highest BCUT2D eigenvalue weighted by molar-refractivity contribution is 5.86. The maximum Gasteiger partial charge on any atom is 0.316 e. The first-order valence-corrected chi connectivity index (χ1v) is 17.9. The lowest BCUT2D eigenvalue weighted by Gasteiger charge is -2.42. The largest absolute Gasteiger partial charge is 0.465 e. The molecule has 3 aliphatic rings. The number of rotatable bonds is 16. The highest BCUT2D eigenvalue weighted by Crippen LogP contribution is 2.49. The summed E-state index contributed by atoms with van der Waals surface area (Å²) in [6.45, 7) is 16.4. The Hall–Kier alpha value is -3.01. The van der Waals surface area contributed by atoms with E-state index >= 15 is 0 Å². The third-order valence-corrected chi connectivity index (χ3v) is 11.1. The summed E-state index contributed by atoms with van der Waals surface area (Å²) in [7, 11) is 0. The van der Waals surface area contributed by atoms with Gasteiger partial charge in [0.05, 0.1) is 25.1 Å². The highest BCUT2D eigenvalue weighted by atomic mass is 16.5. The number of ether oxygens (including phenoxy) is 1. The van der Waals surface area contributed by atoms with Gasteiger partial charge >= 0.3 is 5.97 Å². The molecular formula is C37H55N7O2. The zero-order chi connectivity index (χ0) is 32.0. The van der Waals surface area contributed by atoms with Gasteiger partial charge < -0.3 is 24.1 Å². The Morgan fingerprint density at radius 1 is 0.935 bits per heavy atom. The number of nitrogens with zero attached hydrogens (tertiary/aromatic N) is 6. The maximum atomic E-state index is 12.6. The Kier molecular flexibility index (Phi) is 10.6. The van der Waals surface area contributed by atoms with Crippen LogP contribution < -0.4 is 0 Å². The Bertz CT molecular complexity index is 1370. The number of likely N-dealkylation sites (tertiary alicyclic amines) is 2. The minimum absolute atomic E-state index is 0.0869. The molecule has 1 spiro atoms. The number of hydrogen-bond acceptors (Lipinski definition) is 7. The summed E-state index contributed by atoms with van der Waals surface area (Å²) in [4.78, 5) is 33.0. The molecule has 0 amide bonds. The van der Waals surface area contributed by atoms with E-state index in [1.165, 1.54) is 63.8 Å². The summed E-state index contributed by atoms with van der Waals surface area (Å²) < 4.78 is 7.72. The van der Waals surface area contributed by atoms with Gasteiger partial charge in [-0.05, 0) is 101 Å². The van der Waals surface area contributed by atoms with Crippen molar-refractivity contribution in [3.8, 4) is 0 Å². The van der Waals surface area contributed by atoms with Crippen LogP contribution in [-0.4, -0.2) is 85.6 Å². The lowest BCUT2D eigenvalue weighted by atomic mass is 9.77. The number of H-pyrrole nitrogens is 1. The number of carbonyl (C=O) groups excluding carboxylic acids is 1. The first kappa shape index (κ1) is 32.9. The van der Waals surface area contributed by atoms with Crippen molar-refractivity contribution in [3.63, 3.8) is 0 Å². The molecule has 0 atom stereocenters. The molecule has 1 N–H and O–H groups in total. The molecule has 1 saturated carbocycles. The van der Waals surface area contributed by atoms with Crippen LogP contribution in [0.3, 0.4) is 0 Å². The summed E-state index contributed by atoms with van der Waals surface area (Å²) in [5.74, 6) is 1.95. The second kappa shape index (κ2) is 14.8. The van der Waals surface area contributed by atoms with Crippen LogP contribution in [0.4, 0.5) is 0 Å². The van der Waals surface area contributed by atoms with Gasteiger partial charge in [-0.3, -0.25) is 9.69 Å². The van der Waals surface area contributed by atoms with Crippen LogP contribution in [0.5, 0.6) is 0 Å². The van der Waals surface area contributed by atoms with Gasteiger partial charge in [-0.1, -0.05) is 38.1 Å². The van der Waals surface area contributed by atoms with Crippen LogP contribution in [0.25, 0.3) is 0 Å². The van der Waals surface area contributed by atoms with Crippen LogP contribution >= 0.6 is 0 Å². The molecule has 250 valence electrons. The van der Waals surface area contributed by atoms with Crippen molar-refractivity contribution in [2.24, 2.45) is 5.41 Å². The Balaban J connectivity index is 1.02. The van der Waals surface area contributed by atoms with Crippen LogP contribution in [0.1, 0.15) is 94.9 Å². The highest BCUT2D eigenvalue weighted by Gasteiger charge is 2.52. The lowest BCUT2D eigenvalue weighted by molar-refractivity contribution is -0.146. The summed E-state index contributed by atoms with van der Waals surface area (Å²) in [5.41, 5.74) is 2.39. The molecule has 2 aliphatic heterocycles. The second-order valence-corrected chi connectivity index (χ2v) is 14.1. The van der Waals surface area contributed by atoms with Gasteiger partial charge in [-0.15, -0.1) is 0 Å². The fourth-order valence-corrected chi connectivity index (χ4v) is 8.11. The van der Waals surface area contributed by atoms with E-state index in [9.17, 15) is 4.79 Å². The Morgan fingerprint density at radius 3 is 2.37 bits per heavy atom. The molecule has 2 saturated heterocycles. The number of aryl methyl sites for hydroxylation is 1. The topological polar surface area (TPSA) is 82.5 Å². The van der Waals surface area contributed by atoms with E-state index in [4.69, 9.17) is 9.72 Å². The fraction of sp³-hybridized carbons (Fsp3) is 0.649. The van der Waals surface area contributed by atoms with E-state index < -0.39 is 5.41 Å². The van der Waals surface area contributed by atoms with Crippen LogP contribution in [0.15, 0.2) is 49.1 Å². The molecule has 0 radical (unpaired) electrons. The van der Waals surface area contributed by atoms with Crippen molar-refractivity contribution >= 4 is 5.97 Å². The Labute approximate surface area is 275 Å². The van der Waals surface area contributed by atoms with Crippen molar-refractivity contribution in [2.45, 2.75) is 110 Å². The predicted molar refractivity (Wildman–Crippen MR) is 181 cm³/mol. The fourth-order valence-electron chi connectivity index (χ4n) is 8.11. The Morgan fingerprint density at radius 2 is 1.70 bits per heavy atom. The van der Waals surface area contributed by atoms with Gasteiger partial charge in [0.15, 0.2) is 0 Å². The molecule has 4 heterocycles. The number of imidazole rings is 2. The molecule has 1 aliphatic carbocycles. The maximum absolute atomic E-state index is 12.6. The average Bonchev–Trinajstić information content (AvgIpc) is 3.32. The number of aromatic amines is 1. The van der Waals surface area contributed by atoms with Gasteiger partial charge in [0.25, 0.3) is 0 Å². The quantitative estimate of drug-likeness (QED) is 0.202. The van der Waals surface area contributed by atoms with Crippen LogP contribution in [-0.2, 0) is 41.1 Å². The molecule has 9 heteroatoms. The summed E-state index contributed by atoms with van der Waals surface area (Å²) in [6.07, 6.45) is 17.3. The lowest BCUT2D eigenvalue weighted by Crippen LogP contribution is -2.45. The zero-order valence-corrected chi connectivity index (χ0v) is 28.4. The first-order valence-electron chi connectivity index (χ1n) is 17.9. The number of piperidine rings is 1. The standard InChI is InChI=1S/C37H55N7O2/c1-4-32(5-2)43-23-15-36(16-24-43)14-22-41(29-36)20-7-21-44-25-19-40-34(44)28-42(27-33-38-17-18-39-33)26-30-8-10-31(11-9-30)37(12-13-37)35(45)46-6-3/h8-11,17-19,25,32H,4-7,12-16,20-24,26-29H2,1-3H3,(H,38,39). The van der Waals surface area contributed by atoms with Gasteiger partial charge in [0, 0.05) is 50.5 Å². The van der Waals surface area contributed by atoms with E-state index in [1.54, 1.807) is 0 Å². The third kappa shape index (κ3) is 7.58. The molecular weight excluding hydrogens is 574 g/mol. The molecule has 46 heavy (non-hydrogen) atoms. The summed E-state index contributed by atoms with van der Waals surface area (Å²) in [6, 6.07) is 9.32. The van der Waals surface area contributed by atoms with E-state index in [-0.39, 0.29) is 5.97 Å². The van der Waals surface area contributed by atoms with Gasteiger partial charge in [0.1, 0.15) is 11.6 Å². The van der Waals surface area contributed by atoms with Gasteiger partial charge in [0.2, 0.25) is 0 Å². The molecule has 9 nitrogen and oxygen atoms in total. The van der Waals surface area contributed by atoms with Gasteiger partial charge in [-0.2, -0.15) is 0 Å². The molecule has 3 aromatic rings. The molecule has 1 aromatic carbocycles. The minimum atomic E-state index is -0.437. The SMILES string of the molecule is CCOC(=O)C1(c2ccc(CN(Cc3ncc[nH]3)Cc3nccn3CCCN3CCC4(CCN(C(CC)CC)CC4)C3)cc2)CC1.